The van der Waals surface area contributed by atoms with Gasteiger partial charge in [-0.15, -0.1) is 0 Å². The van der Waals surface area contributed by atoms with E-state index in [0.717, 1.165) is 11.1 Å². The molecule has 1 N–H and O–H groups in total. The predicted octanol–water partition coefficient (Wildman–Crippen LogP) is 3.88. The van der Waals surface area contributed by atoms with Crippen LogP contribution in [0.2, 0.25) is 0 Å². The van der Waals surface area contributed by atoms with Gasteiger partial charge in [-0.3, -0.25) is 9.59 Å². The van der Waals surface area contributed by atoms with Gasteiger partial charge in [-0.2, -0.15) is 0 Å². The van der Waals surface area contributed by atoms with Crippen molar-refractivity contribution < 1.29 is 23.9 Å². The quantitative estimate of drug-likeness (QED) is 0.527. The van der Waals surface area contributed by atoms with Crippen molar-refractivity contribution in [2.75, 3.05) is 7.11 Å². The SMILES string of the molecule is COc1ccc(C(=O)N[C@H](C(=O)O[C@@H](C)C(=O)c2ccc(C)c(C)c2)C(C)C)cc1. The van der Waals surface area contributed by atoms with Crippen molar-refractivity contribution in [1.82, 2.24) is 5.32 Å². The van der Waals surface area contributed by atoms with Gasteiger partial charge in [0.2, 0.25) is 5.78 Å². The molecule has 0 spiro atoms. The molecule has 0 aliphatic heterocycles. The maximum absolute atomic E-state index is 12.7. The lowest BCUT2D eigenvalue weighted by molar-refractivity contribution is -0.149. The second-order valence-corrected chi connectivity index (χ2v) is 7.67. The van der Waals surface area contributed by atoms with E-state index in [2.05, 4.69) is 5.32 Å². The Morgan fingerprint density at radius 3 is 2.00 bits per heavy atom. The first-order valence-electron chi connectivity index (χ1n) is 9.91. The van der Waals surface area contributed by atoms with E-state index in [1.165, 1.54) is 6.92 Å². The van der Waals surface area contributed by atoms with E-state index in [-0.39, 0.29) is 11.7 Å². The Hall–Kier alpha value is -3.15. The van der Waals surface area contributed by atoms with Crippen LogP contribution in [-0.2, 0) is 9.53 Å². The molecule has 0 unspecified atom stereocenters. The molecule has 2 aromatic rings. The molecule has 2 aromatic carbocycles. The van der Waals surface area contributed by atoms with Gasteiger partial charge in [-0.25, -0.2) is 4.79 Å². The first-order valence-corrected chi connectivity index (χ1v) is 9.91. The molecule has 0 saturated carbocycles. The van der Waals surface area contributed by atoms with Gasteiger partial charge < -0.3 is 14.8 Å². The van der Waals surface area contributed by atoms with E-state index in [1.54, 1.807) is 57.4 Å². The summed E-state index contributed by atoms with van der Waals surface area (Å²) in [4.78, 5) is 37.9. The van der Waals surface area contributed by atoms with Gasteiger partial charge in [0.1, 0.15) is 11.8 Å². The van der Waals surface area contributed by atoms with Gasteiger partial charge in [-0.1, -0.05) is 26.0 Å². The molecular weight excluding hydrogens is 382 g/mol. The molecule has 0 aromatic heterocycles. The zero-order valence-corrected chi connectivity index (χ0v) is 18.3. The largest absolute Gasteiger partial charge is 0.497 e. The smallest absolute Gasteiger partial charge is 0.329 e. The lowest BCUT2D eigenvalue weighted by Gasteiger charge is -2.23. The number of carbonyl (C=O) groups is 3. The van der Waals surface area contributed by atoms with E-state index >= 15 is 0 Å². The maximum Gasteiger partial charge on any atom is 0.329 e. The number of carbonyl (C=O) groups excluding carboxylic acids is 3. The number of ketones is 1. The average Bonchev–Trinajstić information content (AvgIpc) is 2.72. The molecule has 0 bridgehead atoms. The fourth-order valence-electron chi connectivity index (χ4n) is 2.90. The molecule has 2 rings (SSSR count). The lowest BCUT2D eigenvalue weighted by atomic mass is 10.0. The minimum atomic E-state index is -0.959. The fourth-order valence-corrected chi connectivity index (χ4v) is 2.90. The van der Waals surface area contributed by atoms with Crippen LogP contribution < -0.4 is 10.1 Å². The first kappa shape index (κ1) is 23.1. The summed E-state index contributed by atoms with van der Waals surface area (Å²) in [5.74, 6) is -0.915. The Labute approximate surface area is 177 Å². The molecule has 0 saturated heterocycles. The van der Waals surface area contributed by atoms with E-state index in [4.69, 9.17) is 9.47 Å². The van der Waals surface area contributed by atoms with Crippen molar-refractivity contribution in [1.29, 1.82) is 0 Å². The van der Waals surface area contributed by atoms with Crippen molar-refractivity contribution in [2.24, 2.45) is 5.92 Å². The molecule has 6 heteroatoms. The number of Topliss-reactive ketones (excluding diaryl/α,β-unsaturated/α-hetero) is 1. The lowest BCUT2D eigenvalue weighted by Crippen LogP contribution is -2.46. The zero-order valence-electron chi connectivity index (χ0n) is 18.3. The van der Waals surface area contributed by atoms with Gasteiger partial charge in [0.05, 0.1) is 7.11 Å². The van der Waals surface area contributed by atoms with Crippen LogP contribution in [0.5, 0.6) is 5.75 Å². The van der Waals surface area contributed by atoms with Crippen LogP contribution in [0.4, 0.5) is 0 Å². The number of hydrogen-bond acceptors (Lipinski definition) is 5. The highest BCUT2D eigenvalue weighted by atomic mass is 16.5. The zero-order chi connectivity index (χ0) is 22.4. The molecular formula is C24H29NO5. The number of nitrogens with one attached hydrogen (secondary N) is 1. The third-order valence-corrected chi connectivity index (χ3v) is 5.01. The van der Waals surface area contributed by atoms with Crippen molar-refractivity contribution in [3.8, 4) is 5.75 Å². The number of rotatable bonds is 8. The standard InChI is InChI=1S/C24H29NO5/c1-14(2)21(25-23(27)18-9-11-20(29-6)12-10-18)24(28)30-17(5)22(26)19-8-7-15(3)16(4)13-19/h7-14,17,21H,1-6H3,(H,25,27)/t17-,21-/m0/s1. The van der Waals surface area contributed by atoms with Crippen molar-refractivity contribution >= 4 is 17.7 Å². The van der Waals surface area contributed by atoms with E-state index in [0.29, 0.717) is 16.9 Å². The summed E-state index contributed by atoms with van der Waals surface area (Å²) in [6, 6.07) is 11.1. The highest BCUT2D eigenvalue weighted by molar-refractivity contribution is 6.01. The van der Waals surface area contributed by atoms with Crippen molar-refractivity contribution in [3.05, 3.63) is 64.7 Å². The molecule has 1 amide bonds. The molecule has 0 heterocycles. The highest BCUT2D eigenvalue weighted by Crippen LogP contribution is 2.15. The van der Waals surface area contributed by atoms with Gasteiger partial charge in [-0.05, 0) is 68.1 Å². The van der Waals surface area contributed by atoms with E-state index in [1.807, 2.05) is 19.9 Å². The van der Waals surface area contributed by atoms with Crippen molar-refractivity contribution in [3.63, 3.8) is 0 Å². The number of esters is 1. The second kappa shape index (κ2) is 10.1. The average molecular weight is 411 g/mol. The summed E-state index contributed by atoms with van der Waals surface area (Å²) in [5, 5.41) is 2.71. The van der Waals surface area contributed by atoms with E-state index in [9.17, 15) is 14.4 Å². The molecule has 6 nitrogen and oxygen atoms in total. The summed E-state index contributed by atoms with van der Waals surface area (Å²) < 4.78 is 10.5. The number of aryl methyl sites for hydroxylation is 2. The molecule has 0 fully saturated rings. The molecule has 160 valence electrons. The topological polar surface area (TPSA) is 81.7 Å². The van der Waals surface area contributed by atoms with Crippen LogP contribution in [0.1, 0.15) is 52.6 Å². The van der Waals surface area contributed by atoms with Crippen molar-refractivity contribution in [2.45, 2.75) is 46.8 Å². The molecule has 0 aliphatic rings. The Kier molecular flexibility index (Phi) is 7.75. The summed E-state index contributed by atoms with van der Waals surface area (Å²) in [6.45, 7) is 9.03. The van der Waals surface area contributed by atoms with Crippen LogP contribution in [0.3, 0.4) is 0 Å². The van der Waals surface area contributed by atoms with Crippen LogP contribution >= 0.6 is 0 Å². The Morgan fingerprint density at radius 1 is 0.867 bits per heavy atom. The number of hydrogen-bond donors (Lipinski definition) is 1. The summed E-state index contributed by atoms with van der Waals surface area (Å²) in [5.41, 5.74) is 2.96. The molecule has 0 radical (unpaired) electrons. The summed E-state index contributed by atoms with van der Waals surface area (Å²) in [6.07, 6.45) is -0.959. The number of benzene rings is 2. The summed E-state index contributed by atoms with van der Waals surface area (Å²) >= 11 is 0. The Bertz CT molecular complexity index is 918. The molecule has 2 atom stereocenters. The minimum absolute atomic E-state index is 0.219. The Morgan fingerprint density at radius 2 is 1.47 bits per heavy atom. The van der Waals surface area contributed by atoms with Crippen LogP contribution in [0.25, 0.3) is 0 Å². The number of methoxy groups -OCH3 is 1. The van der Waals surface area contributed by atoms with Gasteiger partial charge in [0, 0.05) is 11.1 Å². The molecule has 30 heavy (non-hydrogen) atoms. The normalized spacial score (nSPS) is 12.8. The van der Waals surface area contributed by atoms with Crippen LogP contribution in [0, 0.1) is 19.8 Å². The number of amides is 1. The van der Waals surface area contributed by atoms with Gasteiger partial charge in [0.25, 0.3) is 5.91 Å². The van der Waals surface area contributed by atoms with E-state index < -0.39 is 24.0 Å². The van der Waals surface area contributed by atoms with Crippen LogP contribution in [-0.4, -0.2) is 36.9 Å². The first-order chi connectivity index (χ1) is 14.1. The predicted molar refractivity (Wildman–Crippen MR) is 115 cm³/mol. The summed E-state index contributed by atoms with van der Waals surface area (Å²) in [7, 11) is 1.54. The monoisotopic (exact) mass is 411 g/mol. The molecule has 0 aliphatic carbocycles. The second-order valence-electron chi connectivity index (χ2n) is 7.67. The Balaban J connectivity index is 2.07. The number of ether oxygens (including phenoxy) is 2. The fraction of sp³-hybridized carbons (Fsp3) is 0.375. The maximum atomic E-state index is 12.7. The third kappa shape index (κ3) is 5.69. The van der Waals surface area contributed by atoms with Crippen LogP contribution in [0.15, 0.2) is 42.5 Å². The minimum Gasteiger partial charge on any atom is -0.497 e. The van der Waals surface area contributed by atoms with Gasteiger partial charge in [0.15, 0.2) is 6.10 Å². The third-order valence-electron chi connectivity index (χ3n) is 5.01. The van der Waals surface area contributed by atoms with Gasteiger partial charge >= 0.3 is 5.97 Å². The highest BCUT2D eigenvalue weighted by Gasteiger charge is 2.29.